The SMILES string of the molecule is COc1ccc(-c2csc3nc(-c4ccccc4)c(CCN)n23)cc1. The van der Waals surface area contributed by atoms with Gasteiger partial charge in [-0.25, -0.2) is 4.98 Å². The van der Waals surface area contributed by atoms with Crippen molar-refractivity contribution in [2.75, 3.05) is 13.7 Å². The average molecular weight is 349 g/mol. The first-order chi connectivity index (χ1) is 12.3. The number of rotatable bonds is 5. The van der Waals surface area contributed by atoms with E-state index in [0.29, 0.717) is 6.54 Å². The quantitative estimate of drug-likeness (QED) is 0.586. The van der Waals surface area contributed by atoms with E-state index in [0.717, 1.165) is 45.3 Å². The first kappa shape index (κ1) is 15.9. The molecule has 2 N–H and O–H groups in total. The molecule has 25 heavy (non-hydrogen) atoms. The highest BCUT2D eigenvalue weighted by Gasteiger charge is 2.18. The fourth-order valence-corrected chi connectivity index (χ4v) is 3.99. The fraction of sp³-hybridized carbons (Fsp3) is 0.150. The number of thiazole rings is 1. The van der Waals surface area contributed by atoms with E-state index in [-0.39, 0.29) is 0 Å². The Morgan fingerprint density at radius 2 is 1.80 bits per heavy atom. The second-order valence-corrected chi connectivity index (χ2v) is 6.62. The molecule has 0 fully saturated rings. The van der Waals surface area contributed by atoms with Crippen LogP contribution in [-0.2, 0) is 6.42 Å². The van der Waals surface area contributed by atoms with Crippen molar-refractivity contribution in [2.24, 2.45) is 5.73 Å². The number of hydrogen-bond donors (Lipinski definition) is 1. The maximum atomic E-state index is 5.90. The smallest absolute Gasteiger partial charge is 0.194 e. The van der Waals surface area contributed by atoms with E-state index >= 15 is 0 Å². The Hall–Kier alpha value is -2.63. The van der Waals surface area contributed by atoms with Crippen molar-refractivity contribution in [3.63, 3.8) is 0 Å². The van der Waals surface area contributed by atoms with Gasteiger partial charge in [0, 0.05) is 17.4 Å². The molecule has 2 heterocycles. The van der Waals surface area contributed by atoms with Gasteiger partial charge in [0.15, 0.2) is 4.96 Å². The normalized spacial score (nSPS) is 11.1. The summed E-state index contributed by atoms with van der Waals surface area (Å²) in [7, 11) is 1.68. The van der Waals surface area contributed by atoms with E-state index in [1.165, 1.54) is 0 Å². The molecule has 0 atom stereocenters. The van der Waals surface area contributed by atoms with Crippen LogP contribution in [0.15, 0.2) is 60.0 Å². The summed E-state index contributed by atoms with van der Waals surface area (Å²) in [4.78, 5) is 5.88. The number of fused-ring (bicyclic) bond motifs is 1. The first-order valence-corrected chi connectivity index (χ1v) is 9.08. The van der Waals surface area contributed by atoms with Crippen molar-refractivity contribution >= 4 is 16.3 Å². The zero-order valence-corrected chi connectivity index (χ0v) is 14.8. The van der Waals surface area contributed by atoms with E-state index < -0.39 is 0 Å². The third kappa shape index (κ3) is 2.81. The minimum atomic E-state index is 0.589. The van der Waals surface area contributed by atoms with Crippen molar-refractivity contribution in [3.05, 3.63) is 65.7 Å². The lowest BCUT2D eigenvalue weighted by atomic mass is 10.1. The van der Waals surface area contributed by atoms with E-state index in [2.05, 4.69) is 34.0 Å². The number of nitrogens with two attached hydrogens (primary N) is 1. The van der Waals surface area contributed by atoms with Crippen LogP contribution in [0.2, 0.25) is 0 Å². The summed E-state index contributed by atoms with van der Waals surface area (Å²) in [5.41, 5.74) is 11.5. The molecule has 2 aromatic carbocycles. The Kier molecular flexibility index (Phi) is 4.26. The molecule has 0 aliphatic rings. The standard InChI is InChI=1S/C20H19N3OS/c1-24-16-9-7-14(8-10-16)18-13-25-20-22-19(15-5-3-2-4-6-15)17(11-12-21)23(18)20/h2-10,13H,11-12,21H2,1H3. The molecular weight excluding hydrogens is 330 g/mol. The summed E-state index contributed by atoms with van der Waals surface area (Å²) in [5, 5.41) is 2.15. The van der Waals surface area contributed by atoms with E-state index in [1.54, 1.807) is 18.4 Å². The highest BCUT2D eigenvalue weighted by atomic mass is 32.1. The van der Waals surface area contributed by atoms with E-state index in [9.17, 15) is 0 Å². The third-order valence-electron chi connectivity index (χ3n) is 4.27. The Balaban J connectivity index is 1.90. The molecule has 0 amide bonds. The molecule has 0 aliphatic carbocycles. The van der Waals surface area contributed by atoms with Crippen molar-refractivity contribution in [2.45, 2.75) is 6.42 Å². The summed E-state index contributed by atoms with van der Waals surface area (Å²) >= 11 is 1.65. The van der Waals surface area contributed by atoms with Gasteiger partial charge < -0.3 is 10.5 Å². The maximum Gasteiger partial charge on any atom is 0.194 e. The van der Waals surface area contributed by atoms with Gasteiger partial charge in [-0.1, -0.05) is 30.3 Å². The van der Waals surface area contributed by atoms with Gasteiger partial charge in [-0.15, -0.1) is 11.3 Å². The van der Waals surface area contributed by atoms with Crippen molar-refractivity contribution < 1.29 is 4.74 Å². The van der Waals surface area contributed by atoms with Crippen LogP contribution in [0.3, 0.4) is 0 Å². The Bertz CT molecular complexity index is 987. The lowest BCUT2D eigenvalue weighted by molar-refractivity contribution is 0.415. The molecule has 0 bridgehead atoms. The molecule has 0 spiro atoms. The monoisotopic (exact) mass is 349 g/mol. The van der Waals surface area contributed by atoms with Crippen LogP contribution < -0.4 is 10.5 Å². The molecule has 0 unspecified atom stereocenters. The number of aromatic nitrogens is 2. The predicted molar refractivity (Wildman–Crippen MR) is 103 cm³/mol. The van der Waals surface area contributed by atoms with Crippen LogP contribution >= 0.6 is 11.3 Å². The minimum absolute atomic E-state index is 0.589. The second kappa shape index (κ2) is 6.70. The molecule has 126 valence electrons. The van der Waals surface area contributed by atoms with Gasteiger partial charge in [-0.2, -0.15) is 0 Å². The van der Waals surface area contributed by atoms with Gasteiger partial charge in [0.05, 0.1) is 24.2 Å². The Morgan fingerprint density at radius 3 is 2.48 bits per heavy atom. The van der Waals surface area contributed by atoms with Crippen LogP contribution in [0.5, 0.6) is 5.75 Å². The van der Waals surface area contributed by atoms with Gasteiger partial charge in [-0.05, 0) is 36.4 Å². The van der Waals surface area contributed by atoms with Gasteiger partial charge in [-0.3, -0.25) is 4.40 Å². The summed E-state index contributed by atoms with van der Waals surface area (Å²) < 4.78 is 7.50. The van der Waals surface area contributed by atoms with Crippen molar-refractivity contribution in [3.8, 4) is 28.3 Å². The van der Waals surface area contributed by atoms with Crippen LogP contribution in [0.4, 0.5) is 0 Å². The zero-order chi connectivity index (χ0) is 17.2. The number of nitrogens with zero attached hydrogens (tertiary/aromatic N) is 2. The van der Waals surface area contributed by atoms with Gasteiger partial charge in [0.1, 0.15) is 5.75 Å². The molecule has 5 heteroatoms. The predicted octanol–water partition coefficient (Wildman–Crippen LogP) is 4.24. The fourth-order valence-electron chi connectivity index (χ4n) is 3.07. The van der Waals surface area contributed by atoms with Crippen LogP contribution in [0, 0.1) is 0 Å². The summed E-state index contributed by atoms with van der Waals surface area (Å²) in [6, 6.07) is 18.4. The van der Waals surface area contributed by atoms with Crippen LogP contribution in [0.1, 0.15) is 5.69 Å². The van der Waals surface area contributed by atoms with Gasteiger partial charge in [0.25, 0.3) is 0 Å². The zero-order valence-electron chi connectivity index (χ0n) is 14.0. The number of methoxy groups -OCH3 is 1. The number of imidazole rings is 1. The maximum absolute atomic E-state index is 5.90. The molecule has 0 saturated heterocycles. The van der Waals surface area contributed by atoms with Gasteiger partial charge >= 0.3 is 0 Å². The molecule has 4 aromatic rings. The molecular formula is C20H19N3OS. The highest BCUT2D eigenvalue weighted by molar-refractivity contribution is 7.15. The minimum Gasteiger partial charge on any atom is -0.497 e. The van der Waals surface area contributed by atoms with E-state index in [1.807, 2.05) is 30.3 Å². The molecule has 4 rings (SSSR count). The number of hydrogen-bond acceptors (Lipinski definition) is 4. The largest absolute Gasteiger partial charge is 0.497 e. The topological polar surface area (TPSA) is 52.5 Å². The molecule has 4 nitrogen and oxygen atoms in total. The Morgan fingerprint density at radius 1 is 1.04 bits per heavy atom. The third-order valence-corrected chi connectivity index (χ3v) is 5.10. The summed E-state index contributed by atoms with van der Waals surface area (Å²) in [6.07, 6.45) is 0.783. The first-order valence-electron chi connectivity index (χ1n) is 8.20. The highest BCUT2D eigenvalue weighted by Crippen LogP contribution is 2.33. The second-order valence-electron chi connectivity index (χ2n) is 5.78. The van der Waals surface area contributed by atoms with Crippen molar-refractivity contribution in [1.82, 2.24) is 9.38 Å². The average Bonchev–Trinajstić information content (AvgIpc) is 3.23. The lowest BCUT2D eigenvalue weighted by Crippen LogP contribution is -2.06. The Labute approximate surface area is 150 Å². The molecule has 0 aliphatic heterocycles. The van der Waals surface area contributed by atoms with Crippen molar-refractivity contribution in [1.29, 1.82) is 0 Å². The van der Waals surface area contributed by atoms with Gasteiger partial charge in [0.2, 0.25) is 0 Å². The molecule has 2 aromatic heterocycles. The van der Waals surface area contributed by atoms with E-state index in [4.69, 9.17) is 15.5 Å². The summed E-state index contributed by atoms with van der Waals surface area (Å²) in [5.74, 6) is 0.855. The molecule has 0 saturated carbocycles. The molecule has 0 radical (unpaired) electrons. The number of ether oxygens (including phenoxy) is 1. The summed E-state index contributed by atoms with van der Waals surface area (Å²) in [6.45, 7) is 0.589. The van der Waals surface area contributed by atoms with Crippen LogP contribution in [-0.4, -0.2) is 23.0 Å². The lowest BCUT2D eigenvalue weighted by Gasteiger charge is -2.07. The number of benzene rings is 2. The van der Waals surface area contributed by atoms with Crippen LogP contribution in [0.25, 0.3) is 27.5 Å².